The molecule has 1 aromatic carbocycles. The highest BCUT2D eigenvalue weighted by Crippen LogP contribution is 2.41. The van der Waals surface area contributed by atoms with Crippen molar-refractivity contribution >= 4 is 5.97 Å². The highest BCUT2D eigenvalue weighted by atomic mass is 16.6. The van der Waals surface area contributed by atoms with E-state index in [2.05, 4.69) is 37.3 Å². The second kappa shape index (κ2) is 14.2. The zero-order chi connectivity index (χ0) is 27.4. The number of aryl methyl sites for hydroxylation is 1. The molecule has 0 heterocycles. The Morgan fingerprint density at radius 3 is 2.31 bits per heavy atom. The number of carbonyl (C=O) groups excluding carboxylic acids is 1. The summed E-state index contributed by atoms with van der Waals surface area (Å²) in [6, 6.07) is 6.12. The highest BCUT2D eigenvalue weighted by Gasteiger charge is 2.42. The Hall–Kier alpha value is -2.57. The molecule has 0 aliphatic heterocycles. The monoisotopic (exact) mass is 502 g/mol. The number of aliphatic hydroxyl groups is 1. The molecule has 1 rings (SSSR count). The third-order valence-electron chi connectivity index (χ3n) is 6.64. The molecule has 0 aliphatic rings. The van der Waals surface area contributed by atoms with Crippen LogP contribution >= 0.6 is 0 Å². The van der Waals surface area contributed by atoms with E-state index in [4.69, 9.17) is 14.2 Å². The molecule has 0 spiro atoms. The Balaban J connectivity index is 3.33. The molecule has 0 amide bonds. The summed E-state index contributed by atoms with van der Waals surface area (Å²) in [5.74, 6) is -0.257. The molecule has 36 heavy (non-hydrogen) atoms. The second-order valence-electron chi connectivity index (χ2n) is 9.85. The van der Waals surface area contributed by atoms with E-state index in [9.17, 15) is 9.90 Å². The standard InChI is InChI=1S/C30H46O6/c1-10-20-34-26(16-14-15-17-27(31)33-9)29(11-2,12-3)24-18-19-25(23(5)21-24)35-22-30(32,36-13-4)28(6,7)8/h10,15-19,21,32H,1,11-14,20,22H2,2-9H3/b17-15+,26-16-. The van der Waals surface area contributed by atoms with Gasteiger partial charge in [-0.1, -0.05) is 65.5 Å². The zero-order valence-corrected chi connectivity index (χ0v) is 23.5. The lowest BCUT2D eigenvalue weighted by Gasteiger charge is -2.39. The van der Waals surface area contributed by atoms with Crippen molar-refractivity contribution in [3.8, 4) is 5.75 Å². The predicted molar refractivity (Wildman–Crippen MR) is 145 cm³/mol. The summed E-state index contributed by atoms with van der Waals surface area (Å²) in [5.41, 5.74) is 1.20. The third kappa shape index (κ3) is 7.97. The van der Waals surface area contributed by atoms with E-state index in [1.165, 1.54) is 13.2 Å². The fraction of sp³-hybridized carbons (Fsp3) is 0.567. The molecule has 1 N–H and O–H groups in total. The maximum atomic E-state index is 11.4. The smallest absolute Gasteiger partial charge is 0.330 e. The lowest BCUT2D eigenvalue weighted by Crippen LogP contribution is -2.50. The van der Waals surface area contributed by atoms with Crippen molar-refractivity contribution in [2.45, 2.75) is 78.9 Å². The van der Waals surface area contributed by atoms with E-state index in [0.717, 1.165) is 29.7 Å². The van der Waals surface area contributed by atoms with Gasteiger partial charge in [-0.25, -0.2) is 4.79 Å². The summed E-state index contributed by atoms with van der Waals surface area (Å²) in [5, 5.41) is 11.1. The molecule has 0 radical (unpaired) electrons. The molecule has 0 saturated carbocycles. The van der Waals surface area contributed by atoms with Crippen LogP contribution in [0, 0.1) is 12.3 Å². The number of hydrogen-bond acceptors (Lipinski definition) is 6. The molecule has 0 bridgehead atoms. The van der Waals surface area contributed by atoms with Crippen molar-refractivity contribution < 1.29 is 28.8 Å². The van der Waals surface area contributed by atoms with Crippen molar-refractivity contribution in [2.24, 2.45) is 5.41 Å². The molecule has 0 aliphatic carbocycles. The minimum Gasteiger partial charge on any atom is -0.493 e. The van der Waals surface area contributed by atoms with E-state index >= 15 is 0 Å². The molecular formula is C30H46O6. The Morgan fingerprint density at radius 2 is 1.81 bits per heavy atom. The van der Waals surface area contributed by atoms with Gasteiger partial charge in [-0.15, -0.1) is 0 Å². The first-order chi connectivity index (χ1) is 16.9. The molecule has 0 fully saturated rings. The van der Waals surface area contributed by atoms with Crippen molar-refractivity contribution in [1.82, 2.24) is 0 Å². The van der Waals surface area contributed by atoms with Crippen molar-refractivity contribution in [1.29, 1.82) is 0 Å². The Morgan fingerprint density at radius 1 is 1.14 bits per heavy atom. The maximum Gasteiger partial charge on any atom is 0.330 e. The minimum absolute atomic E-state index is 0.0252. The predicted octanol–water partition coefficient (Wildman–Crippen LogP) is 6.41. The van der Waals surface area contributed by atoms with Gasteiger partial charge < -0.3 is 24.1 Å². The number of carbonyl (C=O) groups is 1. The minimum atomic E-state index is -1.41. The Labute approximate surface area is 218 Å². The molecule has 0 saturated heterocycles. The molecule has 6 heteroatoms. The molecule has 1 aromatic rings. The van der Waals surface area contributed by atoms with Gasteiger partial charge >= 0.3 is 5.97 Å². The van der Waals surface area contributed by atoms with Gasteiger partial charge in [-0.2, -0.15) is 0 Å². The fourth-order valence-electron chi connectivity index (χ4n) is 4.10. The number of benzene rings is 1. The quantitative estimate of drug-likeness (QED) is 0.0982. The number of methoxy groups -OCH3 is 1. The van der Waals surface area contributed by atoms with Gasteiger partial charge in [-0.05, 0) is 56.4 Å². The highest BCUT2D eigenvalue weighted by molar-refractivity contribution is 5.81. The van der Waals surface area contributed by atoms with Crippen LogP contribution < -0.4 is 4.74 Å². The SMILES string of the molecule is C=CCO/C(=C\C/C=C/C(=O)OC)C(CC)(CC)c1ccc(OCC(O)(OCC)C(C)(C)C)c(C)c1. The first-order valence-electron chi connectivity index (χ1n) is 12.7. The van der Waals surface area contributed by atoms with E-state index < -0.39 is 11.2 Å². The normalized spacial score (nSPS) is 14.4. The first kappa shape index (κ1) is 31.5. The summed E-state index contributed by atoms with van der Waals surface area (Å²) in [7, 11) is 1.36. The van der Waals surface area contributed by atoms with Crippen molar-refractivity contribution in [3.05, 3.63) is 66.0 Å². The summed E-state index contributed by atoms with van der Waals surface area (Å²) < 4.78 is 22.6. The largest absolute Gasteiger partial charge is 0.493 e. The number of allylic oxidation sites excluding steroid dienone is 3. The molecule has 0 aromatic heterocycles. The van der Waals surface area contributed by atoms with Crippen LogP contribution in [0.25, 0.3) is 0 Å². The third-order valence-corrected chi connectivity index (χ3v) is 6.64. The maximum absolute atomic E-state index is 11.4. The van der Waals surface area contributed by atoms with Crippen molar-refractivity contribution in [3.63, 3.8) is 0 Å². The molecule has 202 valence electrons. The second-order valence-corrected chi connectivity index (χ2v) is 9.85. The van der Waals surface area contributed by atoms with Gasteiger partial charge in [0.25, 0.3) is 0 Å². The number of esters is 1. The van der Waals surface area contributed by atoms with E-state index in [1.54, 1.807) is 12.2 Å². The van der Waals surface area contributed by atoms with Gasteiger partial charge in [0.2, 0.25) is 5.79 Å². The molecule has 1 unspecified atom stereocenters. The average molecular weight is 503 g/mol. The van der Waals surface area contributed by atoms with Crippen LogP contribution in [0.3, 0.4) is 0 Å². The molecular weight excluding hydrogens is 456 g/mol. The lowest BCUT2D eigenvalue weighted by molar-refractivity contribution is -0.271. The Kier molecular flexibility index (Phi) is 12.4. The van der Waals surface area contributed by atoms with Crippen LogP contribution in [0.15, 0.2) is 54.8 Å². The van der Waals surface area contributed by atoms with Crippen LogP contribution in [-0.2, 0) is 24.4 Å². The molecule has 6 nitrogen and oxygen atoms in total. The summed E-state index contributed by atoms with van der Waals surface area (Å²) in [6.45, 7) is 18.5. The van der Waals surface area contributed by atoms with Gasteiger partial charge in [0.1, 0.15) is 24.7 Å². The van der Waals surface area contributed by atoms with Crippen LogP contribution in [0.5, 0.6) is 5.75 Å². The zero-order valence-electron chi connectivity index (χ0n) is 23.5. The summed E-state index contributed by atoms with van der Waals surface area (Å²) in [6.07, 6.45) is 9.09. The van der Waals surface area contributed by atoms with Crippen LogP contribution in [-0.4, -0.2) is 43.8 Å². The van der Waals surface area contributed by atoms with Gasteiger partial charge in [-0.3, -0.25) is 0 Å². The summed E-state index contributed by atoms with van der Waals surface area (Å²) >= 11 is 0. The van der Waals surface area contributed by atoms with Crippen LogP contribution in [0.2, 0.25) is 0 Å². The average Bonchev–Trinajstić information content (AvgIpc) is 2.84. The van der Waals surface area contributed by atoms with Gasteiger partial charge in [0.15, 0.2) is 0 Å². The fourth-order valence-corrected chi connectivity index (χ4v) is 4.10. The van der Waals surface area contributed by atoms with Gasteiger partial charge in [0, 0.05) is 18.1 Å². The van der Waals surface area contributed by atoms with E-state index in [1.807, 2.05) is 46.8 Å². The number of ether oxygens (including phenoxy) is 4. The lowest BCUT2D eigenvalue weighted by atomic mass is 9.73. The van der Waals surface area contributed by atoms with E-state index in [0.29, 0.717) is 25.4 Å². The van der Waals surface area contributed by atoms with Crippen LogP contribution in [0.4, 0.5) is 0 Å². The van der Waals surface area contributed by atoms with Crippen molar-refractivity contribution in [2.75, 3.05) is 26.9 Å². The van der Waals surface area contributed by atoms with E-state index in [-0.39, 0.29) is 18.0 Å². The van der Waals surface area contributed by atoms with Crippen LogP contribution in [0.1, 0.15) is 71.9 Å². The number of rotatable bonds is 15. The first-order valence-corrected chi connectivity index (χ1v) is 12.7. The molecule has 1 atom stereocenters. The topological polar surface area (TPSA) is 74.2 Å². The van der Waals surface area contributed by atoms with Gasteiger partial charge in [0.05, 0.1) is 12.5 Å². The number of hydrogen-bond donors (Lipinski definition) is 1. The Bertz CT molecular complexity index is 905. The summed E-state index contributed by atoms with van der Waals surface area (Å²) in [4.78, 5) is 11.4.